The smallest absolute Gasteiger partial charge is 0.122 e. The minimum Gasteiger partial charge on any atom is -0.497 e. The van der Waals surface area contributed by atoms with Crippen molar-refractivity contribution in [2.24, 2.45) is 5.92 Å². The molecule has 0 aliphatic carbocycles. The van der Waals surface area contributed by atoms with Crippen molar-refractivity contribution in [3.8, 4) is 5.75 Å². The fourth-order valence-electron chi connectivity index (χ4n) is 2.74. The van der Waals surface area contributed by atoms with Gasteiger partial charge in [-0.05, 0) is 31.2 Å². The summed E-state index contributed by atoms with van der Waals surface area (Å²) in [5.41, 5.74) is 7.90. The molecule has 0 amide bonds. The largest absolute Gasteiger partial charge is 0.497 e. The van der Waals surface area contributed by atoms with Crippen LogP contribution in [0.1, 0.15) is 32.6 Å². The van der Waals surface area contributed by atoms with Gasteiger partial charge in [0, 0.05) is 36.6 Å². The minimum atomic E-state index is 0.778. The molecule has 0 saturated carbocycles. The van der Waals surface area contributed by atoms with Gasteiger partial charge in [0.25, 0.3) is 0 Å². The molecular weight excluding hydrogens is 224 g/mol. The number of ether oxygens (including phenoxy) is 1. The lowest BCUT2D eigenvalue weighted by molar-refractivity contribution is 0.415. The SMILES string of the molecule is CCC1CCCN(c2cc(N)cc(OC)c2)CC1. The van der Waals surface area contributed by atoms with E-state index < -0.39 is 0 Å². The van der Waals surface area contributed by atoms with Crippen molar-refractivity contribution < 1.29 is 4.74 Å². The summed E-state index contributed by atoms with van der Waals surface area (Å²) in [6.07, 6.45) is 5.21. The van der Waals surface area contributed by atoms with Crippen molar-refractivity contribution in [2.75, 3.05) is 30.8 Å². The Balaban J connectivity index is 2.13. The van der Waals surface area contributed by atoms with E-state index in [1.54, 1.807) is 7.11 Å². The van der Waals surface area contributed by atoms with Gasteiger partial charge in [0.1, 0.15) is 5.75 Å². The van der Waals surface area contributed by atoms with E-state index in [0.717, 1.165) is 30.4 Å². The van der Waals surface area contributed by atoms with Crippen molar-refractivity contribution >= 4 is 11.4 Å². The zero-order valence-electron chi connectivity index (χ0n) is 11.5. The lowest BCUT2D eigenvalue weighted by Crippen LogP contribution is -2.24. The number of hydrogen-bond acceptors (Lipinski definition) is 3. The predicted octanol–water partition coefficient (Wildman–Crippen LogP) is 3.29. The Hall–Kier alpha value is -1.38. The molecule has 1 aliphatic rings. The summed E-state index contributed by atoms with van der Waals surface area (Å²) in [5, 5.41) is 0. The second-order valence-electron chi connectivity index (χ2n) is 5.16. The number of methoxy groups -OCH3 is 1. The Bertz CT molecular complexity index is 392. The van der Waals surface area contributed by atoms with Crippen LogP contribution >= 0.6 is 0 Å². The standard InChI is InChI=1S/C15H24N2O/c1-3-12-5-4-7-17(8-6-12)14-9-13(16)10-15(11-14)18-2/h9-12H,3-8,16H2,1-2H3. The summed E-state index contributed by atoms with van der Waals surface area (Å²) in [4.78, 5) is 2.44. The lowest BCUT2D eigenvalue weighted by Gasteiger charge is -2.23. The van der Waals surface area contributed by atoms with Crippen molar-refractivity contribution in [3.05, 3.63) is 18.2 Å². The molecule has 0 radical (unpaired) electrons. The number of nitrogen functional groups attached to an aromatic ring is 1. The normalized spacial score (nSPS) is 20.6. The number of rotatable bonds is 3. The van der Waals surface area contributed by atoms with E-state index in [1.807, 2.05) is 6.07 Å². The molecular formula is C15H24N2O. The molecule has 3 heteroatoms. The monoisotopic (exact) mass is 248 g/mol. The van der Waals surface area contributed by atoms with Crippen LogP contribution in [0.2, 0.25) is 0 Å². The molecule has 1 aromatic carbocycles. The van der Waals surface area contributed by atoms with Gasteiger partial charge in [-0.3, -0.25) is 0 Å². The van der Waals surface area contributed by atoms with Gasteiger partial charge in [-0.2, -0.15) is 0 Å². The van der Waals surface area contributed by atoms with Crippen molar-refractivity contribution in [1.29, 1.82) is 0 Å². The molecule has 1 unspecified atom stereocenters. The lowest BCUT2D eigenvalue weighted by atomic mass is 9.98. The van der Waals surface area contributed by atoms with Crippen LogP contribution in [0.3, 0.4) is 0 Å². The zero-order chi connectivity index (χ0) is 13.0. The van der Waals surface area contributed by atoms with Gasteiger partial charge in [0.15, 0.2) is 0 Å². The van der Waals surface area contributed by atoms with E-state index in [-0.39, 0.29) is 0 Å². The Morgan fingerprint density at radius 2 is 2.11 bits per heavy atom. The van der Waals surface area contributed by atoms with Crippen LogP contribution < -0.4 is 15.4 Å². The van der Waals surface area contributed by atoms with Crippen LogP contribution in [-0.2, 0) is 0 Å². The average Bonchev–Trinajstić information content (AvgIpc) is 2.63. The van der Waals surface area contributed by atoms with Gasteiger partial charge < -0.3 is 15.4 Å². The van der Waals surface area contributed by atoms with Gasteiger partial charge in [0.2, 0.25) is 0 Å². The van der Waals surface area contributed by atoms with Crippen LogP contribution in [0.25, 0.3) is 0 Å². The minimum absolute atomic E-state index is 0.778. The fraction of sp³-hybridized carbons (Fsp3) is 0.600. The second-order valence-corrected chi connectivity index (χ2v) is 5.16. The van der Waals surface area contributed by atoms with Crippen LogP contribution in [0.4, 0.5) is 11.4 Å². The average molecular weight is 248 g/mol. The Kier molecular flexibility index (Phi) is 4.34. The van der Waals surface area contributed by atoms with Crippen molar-refractivity contribution in [3.63, 3.8) is 0 Å². The van der Waals surface area contributed by atoms with Gasteiger partial charge in [-0.1, -0.05) is 13.3 Å². The van der Waals surface area contributed by atoms with Crippen LogP contribution in [0.15, 0.2) is 18.2 Å². The Morgan fingerprint density at radius 3 is 2.83 bits per heavy atom. The molecule has 1 heterocycles. The van der Waals surface area contributed by atoms with E-state index in [4.69, 9.17) is 10.5 Å². The highest BCUT2D eigenvalue weighted by atomic mass is 16.5. The van der Waals surface area contributed by atoms with E-state index >= 15 is 0 Å². The van der Waals surface area contributed by atoms with Crippen molar-refractivity contribution in [1.82, 2.24) is 0 Å². The summed E-state index contributed by atoms with van der Waals surface area (Å²) in [7, 11) is 1.69. The maximum absolute atomic E-state index is 5.93. The molecule has 2 N–H and O–H groups in total. The third kappa shape index (κ3) is 3.09. The summed E-state index contributed by atoms with van der Waals surface area (Å²) < 4.78 is 5.29. The predicted molar refractivity (Wildman–Crippen MR) is 77.3 cm³/mol. The zero-order valence-corrected chi connectivity index (χ0v) is 11.5. The molecule has 2 rings (SSSR count). The Morgan fingerprint density at radius 1 is 1.28 bits per heavy atom. The summed E-state index contributed by atoms with van der Waals surface area (Å²) >= 11 is 0. The quantitative estimate of drug-likeness (QED) is 0.834. The van der Waals surface area contributed by atoms with Gasteiger partial charge >= 0.3 is 0 Å². The van der Waals surface area contributed by atoms with Gasteiger partial charge in [0.05, 0.1) is 7.11 Å². The molecule has 3 nitrogen and oxygen atoms in total. The maximum atomic E-state index is 5.93. The first-order valence-electron chi connectivity index (χ1n) is 6.92. The van der Waals surface area contributed by atoms with Crippen LogP contribution in [0, 0.1) is 5.92 Å². The molecule has 0 aromatic heterocycles. The topological polar surface area (TPSA) is 38.5 Å². The van der Waals surface area contributed by atoms with Crippen LogP contribution in [-0.4, -0.2) is 20.2 Å². The number of anilines is 2. The summed E-state index contributed by atoms with van der Waals surface area (Å²) in [6.45, 7) is 4.55. The second kappa shape index (κ2) is 5.98. The highest BCUT2D eigenvalue weighted by Crippen LogP contribution is 2.29. The molecule has 1 aromatic rings. The van der Waals surface area contributed by atoms with E-state index in [9.17, 15) is 0 Å². The molecule has 1 aliphatic heterocycles. The van der Waals surface area contributed by atoms with E-state index in [1.165, 1.54) is 31.4 Å². The van der Waals surface area contributed by atoms with E-state index in [2.05, 4.69) is 24.0 Å². The maximum Gasteiger partial charge on any atom is 0.122 e. The molecule has 0 spiro atoms. The van der Waals surface area contributed by atoms with Gasteiger partial charge in [-0.15, -0.1) is 0 Å². The molecule has 18 heavy (non-hydrogen) atoms. The third-order valence-electron chi connectivity index (χ3n) is 3.94. The highest BCUT2D eigenvalue weighted by Gasteiger charge is 2.16. The highest BCUT2D eigenvalue weighted by molar-refractivity contribution is 5.60. The first kappa shape index (κ1) is 13.1. The van der Waals surface area contributed by atoms with Crippen LogP contribution in [0.5, 0.6) is 5.75 Å². The van der Waals surface area contributed by atoms with E-state index in [0.29, 0.717) is 0 Å². The number of nitrogens with zero attached hydrogens (tertiary/aromatic N) is 1. The third-order valence-corrected chi connectivity index (χ3v) is 3.94. The first-order chi connectivity index (χ1) is 8.72. The number of nitrogens with two attached hydrogens (primary N) is 1. The molecule has 1 saturated heterocycles. The number of benzene rings is 1. The van der Waals surface area contributed by atoms with Gasteiger partial charge in [-0.25, -0.2) is 0 Å². The Labute approximate surface area is 110 Å². The molecule has 1 atom stereocenters. The number of hydrogen-bond donors (Lipinski definition) is 1. The summed E-state index contributed by atoms with van der Waals surface area (Å²) in [5.74, 6) is 1.74. The summed E-state index contributed by atoms with van der Waals surface area (Å²) in [6, 6.07) is 6.01. The molecule has 1 fully saturated rings. The fourth-order valence-corrected chi connectivity index (χ4v) is 2.74. The molecule has 100 valence electrons. The molecule has 0 bridgehead atoms. The first-order valence-corrected chi connectivity index (χ1v) is 6.92. The van der Waals surface area contributed by atoms with Crippen molar-refractivity contribution in [2.45, 2.75) is 32.6 Å².